The average molecular weight is 383 g/mol. The number of hydrogen-bond acceptors (Lipinski definition) is 3. The summed E-state index contributed by atoms with van der Waals surface area (Å²) in [6.45, 7) is 5.85. The number of aromatic nitrogens is 2. The molecule has 146 valence electrons. The van der Waals surface area contributed by atoms with Gasteiger partial charge < -0.3 is 4.90 Å². The number of amides is 1. The molecule has 4 nitrogen and oxygen atoms in total. The van der Waals surface area contributed by atoms with Gasteiger partial charge in [-0.25, -0.2) is 8.78 Å². The minimum absolute atomic E-state index is 0.137. The molecule has 2 unspecified atom stereocenters. The first kappa shape index (κ1) is 17.7. The summed E-state index contributed by atoms with van der Waals surface area (Å²) in [6.07, 6.45) is 3.71. The number of fused-ring (bicyclic) bond motifs is 5. The molecule has 1 saturated heterocycles. The lowest BCUT2D eigenvalue weighted by molar-refractivity contribution is -0.139. The second kappa shape index (κ2) is 5.82. The fraction of sp³-hybridized carbons (Fsp3) is 0.500. The Bertz CT molecular complexity index is 963. The molecule has 2 fully saturated rings. The SMILES string of the molecule is CC1(C)C2CCC1(C(=O)N1CCCC1)c1nnc(-c3c(F)cccc3F)cc12. The molecule has 0 spiro atoms. The summed E-state index contributed by atoms with van der Waals surface area (Å²) in [5, 5.41) is 8.61. The maximum atomic E-state index is 14.3. The number of nitrogens with zero attached hydrogens (tertiary/aromatic N) is 3. The Morgan fingerprint density at radius 3 is 2.50 bits per heavy atom. The standard InChI is InChI=1S/C22H23F2N3O/c1-21(2)14-8-9-22(21,20(28)27-10-3-4-11-27)19-13(14)12-17(25-26-19)18-15(23)6-5-7-16(18)24/h5-7,12,14H,3-4,8-11H2,1-2H3. The van der Waals surface area contributed by atoms with E-state index in [4.69, 9.17) is 0 Å². The molecule has 0 radical (unpaired) electrons. The van der Waals surface area contributed by atoms with Gasteiger partial charge in [0.2, 0.25) is 5.91 Å². The third-order valence-corrected chi connectivity index (χ3v) is 7.36. The molecule has 2 atom stereocenters. The third-order valence-electron chi connectivity index (χ3n) is 7.36. The van der Waals surface area contributed by atoms with E-state index in [9.17, 15) is 13.6 Å². The highest BCUT2D eigenvalue weighted by Crippen LogP contribution is 2.68. The molecule has 28 heavy (non-hydrogen) atoms. The quantitative estimate of drug-likeness (QED) is 0.781. The number of benzene rings is 1. The van der Waals surface area contributed by atoms with Gasteiger partial charge in [-0.15, -0.1) is 5.10 Å². The Morgan fingerprint density at radius 2 is 1.82 bits per heavy atom. The molecule has 1 amide bonds. The van der Waals surface area contributed by atoms with Crippen LogP contribution in [0.15, 0.2) is 24.3 Å². The van der Waals surface area contributed by atoms with Crippen LogP contribution in [0.3, 0.4) is 0 Å². The van der Waals surface area contributed by atoms with Crippen molar-refractivity contribution in [1.29, 1.82) is 0 Å². The molecule has 3 aliphatic rings. The van der Waals surface area contributed by atoms with Gasteiger partial charge >= 0.3 is 0 Å². The number of carbonyl (C=O) groups is 1. The first-order valence-electron chi connectivity index (χ1n) is 10.00. The molecular weight excluding hydrogens is 360 g/mol. The molecule has 2 heterocycles. The van der Waals surface area contributed by atoms with Crippen LogP contribution in [0.5, 0.6) is 0 Å². The smallest absolute Gasteiger partial charge is 0.235 e. The molecule has 2 aromatic rings. The lowest BCUT2D eigenvalue weighted by Crippen LogP contribution is -2.50. The lowest BCUT2D eigenvalue weighted by Gasteiger charge is -2.39. The largest absolute Gasteiger partial charge is 0.342 e. The number of halogens is 2. The van der Waals surface area contributed by atoms with E-state index in [-0.39, 0.29) is 28.5 Å². The zero-order chi connectivity index (χ0) is 19.7. The maximum Gasteiger partial charge on any atom is 0.235 e. The summed E-state index contributed by atoms with van der Waals surface area (Å²) in [5.41, 5.74) is 0.703. The van der Waals surface area contributed by atoms with Crippen LogP contribution in [0.4, 0.5) is 8.78 Å². The summed E-state index contributed by atoms with van der Waals surface area (Å²) in [5.74, 6) is -1.02. The van der Waals surface area contributed by atoms with Gasteiger partial charge in [-0.3, -0.25) is 4.79 Å². The number of rotatable bonds is 2. The van der Waals surface area contributed by atoms with Gasteiger partial charge in [-0.1, -0.05) is 19.9 Å². The molecule has 1 aromatic carbocycles. The average Bonchev–Trinajstić information content (AvgIpc) is 3.33. The van der Waals surface area contributed by atoms with Gasteiger partial charge in [0.1, 0.15) is 11.6 Å². The summed E-state index contributed by atoms with van der Waals surface area (Å²) >= 11 is 0. The van der Waals surface area contributed by atoms with E-state index in [1.165, 1.54) is 18.2 Å². The van der Waals surface area contributed by atoms with Gasteiger partial charge in [0.05, 0.1) is 22.4 Å². The zero-order valence-corrected chi connectivity index (χ0v) is 16.1. The Morgan fingerprint density at radius 1 is 1.14 bits per heavy atom. The summed E-state index contributed by atoms with van der Waals surface area (Å²) < 4.78 is 28.5. The number of hydrogen-bond donors (Lipinski definition) is 0. The number of carbonyl (C=O) groups excluding carboxylic acids is 1. The van der Waals surface area contributed by atoms with Gasteiger partial charge in [0, 0.05) is 13.1 Å². The second-order valence-electron chi connectivity index (χ2n) is 8.85. The fourth-order valence-corrected chi connectivity index (χ4v) is 5.85. The third kappa shape index (κ3) is 2.06. The van der Waals surface area contributed by atoms with Crippen LogP contribution in [-0.2, 0) is 10.2 Å². The summed E-state index contributed by atoms with van der Waals surface area (Å²) in [4.78, 5) is 15.6. The van der Waals surface area contributed by atoms with Crippen molar-refractivity contribution >= 4 is 5.91 Å². The van der Waals surface area contributed by atoms with Crippen LogP contribution >= 0.6 is 0 Å². The van der Waals surface area contributed by atoms with E-state index in [2.05, 4.69) is 24.0 Å². The van der Waals surface area contributed by atoms with Crippen molar-refractivity contribution in [3.05, 3.63) is 47.2 Å². The Hall–Kier alpha value is -2.37. The molecule has 6 heteroatoms. The Labute approximate surface area is 163 Å². The van der Waals surface area contributed by atoms with E-state index >= 15 is 0 Å². The van der Waals surface area contributed by atoms with Crippen molar-refractivity contribution in [3.63, 3.8) is 0 Å². The molecule has 1 saturated carbocycles. The predicted octanol–water partition coefficient (Wildman–Crippen LogP) is 4.20. The van der Waals surface area contributed by atoms with E-state index in [1.54, 1.807) is 6.07 Å². The minimum Gasteiger partial charge on any atom is -0.342 e. The molecular formula is C22H23F2N3O. The molecule has 5 rings (SSSR count). The first-order valence-corrected chi connectivity index (χ1v) is 10.00. The van der Waals surface area contributed by atoms with Gasteiger partial charge in [-0.2, -0.15) is 5.10 Å². The monoisotopic (exact) mass is 383 g/mol. The fourth-order valence-electron chi connectivity index (χ4n) is 5.85. The zero-order valence-electron chi connectivity index (χ0n) is 16.1. The van der Waals surface area contributed by atoms with Crippen LogP contribution in [-0.4, -0.2) is 34.1 Å². The molecule has 0 N–H and O–H groups in total. The lowest BCUT2D eigenvalue weighted by atomic mass is 9.67. The molecule has 2 aliphatic carbocycles. The number of likely N-dealkylation sites (tertiary alicyclic amines) is 1. The Kier molecular flexibility index (Phi) is 3.68. The van der Waals surface area contributed by atoms with Crippen LogP contribution in [0.1, 0.15) is 56.7 Å². The molecule has 2 bridgehead atoms. The predicted molar refractivity (Wildman–Crippen MR) is 101 cm³/mol. The van der Waals surface area contributed by atoms with Crippen molar-refractivity contribution in [3.8, 4) is 11.3 Å². The van der Waals surface area contributed by atoms with Crippen LogP contribution < -0.4 is 0 Å². The highest BCUT2D eigenvalue weighted by molar-refractivity contribution is 5.92. The summed E-state index contributed by atoms with van der Waals surface area (Å²) in [7, 11) is 0. The van der Waals surface area contributed by atoms with Crippen LogP contribution in [0.2, 0.25) is 0 Å². The summed E-state index contributed by atoms with van der Waals surface area (Å²) in [6, 6.07) is 5.54. The Balaban J connectivity index is 1.66. The maximum absolute atomic E-state index is 14.3. The van der Waals surface area contributed by atoms with Gasteiger partial charge in [0.15, 0.2) is 0 Å². The van der Waals surface area contributed by atoms with E-state index < -0.39 is 17.0 Å². The van der Waals surface area contributed by atoms with Crippen molar-refractivity contribution < 1.29 is 13.6 Å². The second-order valence-corrected chi connectivity index (χ2v) is 8.85. The topological polar surface area (TPSA) is 46.1 Å². The minimum atomic E-state index is -0.684. The van der Waals surface area contributed by atoms with Crippen molar-refractivity contribution in [2.24, 2.45) is 5.41 Å². The highest BCUT2D eigenvalue weighted by Gasteiger charge is 2.68. The van der Waals surface area contributed by atoms with Gasteiger partial charge in [0.25, 0.3) is 0 Å². The normalized spacial score (nSPS) is 27.3. The van der Waals surface area contributed by atoms with Crippen molar-refractivity contribution in [1.82, 2.24) is 15.1 Å². The van der Waals surface area contributed by atoms with E-state index in [0.717, 1.165) is 44.3 Å². The van der Waals surface area contributed by atoms with E-state index in [1.807, 2.05) is 4.90 Å². The van der Waals surface area contributed by atoms with E-state index in [0.29, 0.717) is 5.69 Å². The molecule has 1 aliphatic heterocycles. The first-order chi connectivity index (χ1) is 13.4. The van der Waals surface area contributed by atoms with Crippen molar-refractivity contribution in [2.45, 2.75) is 50.9 Å². The van der Waals surface area contributed by atoms with Crippen LogP contribution in [0, 0.1) is 17.0 Å². The molecule has 1 aromatic heterocycles. The van der Waals surface area contributed by atoms with Crippen LogP contribution in [0.25, 0.3) is 11.3 Å². The van der Waals surface area contributed by atoms with Crippen molar-refractivity contribution in [2.75, 3.05) is 13.1 Å². The van der Waals surface area contributed by atoms with Gasteiger partial charge in [-0.05, 0) is 60.8 Å². The highest BCUT2D eigenvalue weighted by atomic mass is 19.1.